The van der Waals surface area contributed by atoms with Crippen molar-refractivity contribution in [1.29, 1.82) is 0 Å². The van der Waals surface area contributed by atoms with E-state index in [9.17, 15) is 31.1 Å². The molecule has 0 bridgehead atoms. The van der Waals surface area contributed by atoms with Crippen LogP contribution in [0.4, 0.5) is 26.3 Å². The van der Waals surface area contributed by atoms with Gasteiger partial charge in [0.15, 0.2) is 23.3 Å². The van der Waals surface area contributed by atoms with Crippen molar-refractivity contribution in [2.75, 3.05) is 0 Å². The van der Waals surface area contributed by atoms with Crippen molar-refractivity contribution in [2.24, 2.45) is 0 Å². The Labute approximate surface area is 113 Å². The highest BCUT2D eigenvalue weighted by Gasteiger charge is 2.30. The molecule has 0 aromatic heterocycles. The van der Waals surface area contributed by atoms with Gasteiger partial charge in [0.05, 0.1) is 0 Å². The van der Waals surface area contributed by atoms with Crippen molar-refractivity contribution >= 4 is 5.97 Å². The van der Waals surface area contributed by atoms with Crippen LogP contribution in [-0.4, -0.2) is 5.97 Å². The Kier molecular flexibility index (Phi) is 3.88. The Morgan fingerprint density at radius 3 is 1.62 bits per heavy atom. The summed E-state index contributed by atoms with van der Waals surface area (Å²) in [5.74, 6) is -14.3. The summed E-state index contributed by atoms with van der Waals surface area (Å²) in [6, 6.07) is 3.64. The molecule has 2 aromatic carbocycles. The van der Waals surface area contributed by atoms with E-state index in [1.165, 1.54) is 0 Å². The molecule has 2 aromatic rings. The third-order valence-electron chi connectivity index (χ3n) is 2.44. The van der Waals surface area contributed by atoms with Crippen LogP contribution >= 0.6 is 0 Å². The topological polar surface area (TPSA) is 26.3 Å². The van der Waals surface area contributed by atoms with Gasteiger partial charge in [-0.15, -0.1) is 0 Å². The third-order valence-corrected chi connectivity index (χ3v) is 2.44. The first kappa shape index (κ1) is 14.9. The SMILES string of the molecule is O=C(Oc1ccc(F)cc1)c1c(F)c(F)c(F)c(F)c1F. The average Bonchev–Trinajstić information content (AvgIpc) is 2.46. The fourth-order valence-electron chi connectivity index (χ4n) is 1.44. The van der Waals surface area contributed by atoms with Crippen LogP contribution in [0.5, 0.6) is 5.75 Å². The molecule has 0 aliphatic rings. The van der Waals surface area contributed by atoms with Gasteiger partial charge in [-0.2, -0.15) is 0 Å². The Bertz CT molecular complexity index is 683. The maximum absolute atomic E-state index is 13.3. The number of carbonyl (C=O) groups is 1. The third kappa shape index (κ3) is 2.69. The van der Waals surface area contributed by atoms with Crippen molar-refractivity contribution in [1.82, 2.24) is 0 Å². The van der Waals surface area contributed by atoms with E-state index < -0.39 is 46.4 Å². The van der Waals surface area contributed by atoms with Crippen molar-refractivity contribution in [3.8, 4) is 5.75 Å². The van der Waals surface area contributed by atoms with E-state index in [0.717, 1.165) is 24.3 Å². The number of rotatable bonds is 2. The fraction of sp³-hybridized carbons (Fsp3) is 0. The normalized spacial score (nSPS) is 10.6. The zero-order chi connectivity index (χ0) is 15.7. The van der Waals surface area contributed by atoms with E-state index in [-0.39, 0.29) is 5.75 Å². The Hall–Kier alpha value is -2.51. The lowest BCUT2D eigenvalue weighted by molar-refractivity contribution is 0.0720. The quantitative estimate of drug-likeness (QED) is 0.278. The van der Waals surface area contributed by atoms with Gasteiger partial charge in [0.2, 0.25) is 5.82 Å². The Morgan fingerprint density at radius 2 is 1.14 bits per heavy atom. The van der Waals surface area contributed by atoms with Gasteiger partial charge in [-0.05, 0) is 24.3 Å². The number of hydrogen-bond acceptors (Lipinski definition) is 2. The molecule has 0 fully saturated rings. The average molecular weight is 306 g/mol. The lowest BCUT2D eigenvalue weighted by Crippen LogP contribution is -2.17. The van der Waals surface area contributed by atoms with Crippen LogP contribution in [0.1, 0.15) is 10.4 Å². The van der Waals surface area contributed by atoms with Gasteiger partial charge < -0.3 is 4.74 Å². The van der Waals surface area contributed by atoms with Gasteiger partial charge in [0.1, 0.15) is 17.1 Å². The monoisotopic (exact) mass is 306 g/mol. The molecule has 0 unspecified atom stereocenters. The second kappa shape index (κ2) is 5.47. The molecule has 0 atom stereocenters. The first-order valence-electron chi connectivity index (χ1n) is 5.32. The maximum Gasteiger partial charge on any atom is 0.349 e. The van der Waals surface area contributed by atoms with E-state index >= 15 is 0 Å². The van der Waals surface area contributed by atoms with Gasteiger partial charge >= 0.3 is 5.97 Å². The highest BCUT2D eigenvalue weighted by molar-refractivity contribution is 5.91. The summed E-state index contributed by atoms with van der Waals surface area (Å²) in [5, 5.41) is 0. The molecule has 0 heterocycles. The molecule has 21 heavy (non-hydrogen) atoms. The number of carbonyl (C=O) groups excluding carboxylic acids is 1. The van der Waals surface area contributed by atoms with E-state index in [1.54, 1.807) is 0 Å². The van der Waals surface area contributed by atoms with E-state index in [1.807, 2.05) is 0 Å². The van der Waals surface area contributed by atoms with Crippen LogP contribution < -0.4 is 4.74 Å². The minimum atomic E-state index is -2.39. The summed E-state index contributed by atoms with van der Waals surface area (Å²) in [4.78, 5) is 11.5. The molecule has 2 rings (SSSR count). The second-order valence-corrected chi connectivity index (χ2v) is 3.79. The highest BCUT2D eigenvalue weighted by atomic mass is 19.2. The lowest BCUT2D eigenvalue weighted by atomic mass is 10.1. The molecule has 110 valence electrons. The van der Waals surface area contributed by atoms with E-state index in [0.29, 0.717) is 0 Å². The van der Waals surface area contributed by atoms with Crippen molar-refractivity contribution in [2.45, 2.75) is 0 Å². The van der Waals surface area contributed by atoms with Crippen LogP contribution in [0, 0.1) is 34.9 Å². The molecule has 2 nitrogen and oxygen atoms in total. The predicted octanol–water partition coefficient (Wildman–Crippen LogP) is 3.74. The highest BCUT2D eigenvalue weighted by Crippen LogP contribution is 2.24. The first-order valence-corrected chi connectivity index (χ1v) is 5.32. The van der Waals surface area contributed by atoms with E-state index in [4.69, 9.17) is 0 Å². The summed E-state index contributed by atoms with van der Waals surface area (Å²) < 4.78 is 82.4. The minimum absolute atomic E-state index is 0.328. The maximum atomic E-state index is 13.3. The molecule has 0 spiro atoms. The van der Waals surface area contributed by atoms with Crippen molar-refractivity contribution < 1.29 is 35.9 Å². The Morgan fingerprint density at radius 1 is 0.714 bits per heavy atom. The summed E-state index contributed by atoms with van der Waals surface area (Å²) in [5.41, 5.74) is -1.73. The van der Waals surface area contributed by atoms with Crippen LogP contribution in [-0.2, 0) is 0 Å². The summed E-state index contributed by atoms with van der Waals surface area (Å²) in [6.07, 6.45) is 0. The smallest absolute Gasteiger partial charge is 0.349 e. The van der Waals surface area contributed by atoms with Crippen molar-refractivity contribution in [3.05, 3.63) is 64.7 Å². The molecule has 0 saturated heterocycles. The van der Waals surface area contributed by atoms with E-state index in [2.05, 4.69) is 4.74 Å². The molecular weight excluding hydrogens is 302 g/mol. The summed E-state index contributed by atoms with van der Waals surface area (Å²) in [7, 11) is 0. The second-order valence-electron chi connectivity index (χ2n) is 3.79. The first-order chi connectivity index (χ1) is 9.82. The summed E-state index contributed by atoms with van der Waals surface area (Å²) >= 11 is 0. The van der Waals surface area contributed by atoms with Gasteiger partial charge in [0.25, 0.3) is 0 Å². The zero-order valence-electron chi connectivity index (χ0n) is 9.89. The molecular formula is C13H4F6O2. The molecule has 0 N–H and O–H groups in total. The van der Waals surface area contributed by atoms with Gasteiger partial charge in [-0.25, -0.2) is 31.1 Å². The number of halogens is 6. The van der Waals surface area contributed by atoms with Gasteiger partial charge in [-0.1, -0.05) is 0 Å². The standard InChI is InChI=1S/C13H4F6O2/c14-5-1-3-6(4-2-5)21-13(20)7-8(15)10(17)12(19)11(18)9(7)16/h1-4H. The van der Waals surface area contributed by atoms with Gasteiger partial charge in [-0.3, -0.25) is 0 Å². The number of ether oxygens (including phenoxy) is 1. The lowest BCUT2D eigenvalue weighted by Gasteiger charge is -2.08. The molecule has 8 heteroatoms. The fourth-order valence-corrected chi connectivity index (χ4v) is 1.44. The summed E-state index contributed by atoms with van der Waals surface area (Å²) in [6.45, 7) is 0. The molecule has 0 aliphatic heterocycles. The van der Waals surface area contributed by atoms with Crippen molar-refractivity contribution in [3.63, 3.8) is 0 Å². The van der Waals surface area contributed by atoms with Crippen LogP contribution in [0.3, 0.4) is 0 Å². The van der Waals surface area contributed by atoms with Crippen LogP contribution in [0.25, 0.3) is 0 Å². The molecule has 0 radical (unpaired) electrons. The largest absolute Gasteiger partial charge is 0.423 e. The molecule has 0 aliphatic carbocycles. The van der Waals surface area contributed by atoms with Crippen LogP contribution in [0.2, 0.25) is 0 Å². The molecule has 0 amide bonds. The minimum Gasteiger partial charge on any atom is -0.423 e. The predicted molar refractivity (Wildman–Crippen MR) is 57.6 cm³/mol. The molecule has 0 saturated carbocycles. The van der Waals surface area contributed by atoms with Gasteiger partial charge in [0, 0.05) is 0 Å². The number of hydrogen-bond donors (Lipinski definition) is 0. The Balaban J connectivity index is 2.42. The zero-order valence-corrected chi connectivity index (χ0v) is 9.89. The van der Waals surface area contributed by atoms with Crippen LogP contribution in [0.15, 0.2) is 24.3 Å². The number of benzene rings is 2. The number of esters is 1.